The molecule has 124 valence electrons. The molecule has 0 aromatic carbocycles. The van der Waals surface area contributed by atoms with Crippen molar-refractivity contribution < 1.29 is 9.53 Å². The summed E-state index contributed by atoms with van der Waals surface area (Å²) in [7, 11) is 1.70. The van der Waals surface area contributed by atoms with Gasteiger partial charge in [0.05, 0.1) is 7.11 Å². The van der Waals surface area contributed by atoms with Crippen LogP contribution in [0.3, 0.4) is 0 Å². The van der Waals surface area contributed by atoms with Gasteiger partial charge in [-0.05, 0) is 31.4 Å². The second-order valence-corrected chi connectivity index (χ2v) is 7.29. The highest BCUT2D eigenvalue weighted by molar-refractivity contribution is 8.03. The summed E-state index contributed by atoms with van der Waals surface area (Å²) in [5, 5.41) is 2.40. The van der Waals surface area contributed by atoms with Gasteiger partial charge in [0.1, 0.15) is 5.76 Å². The average Bonchev–Trinajstić information content (AvgIpc) is 2.98. The van der Waals surface area contributed by atoms with Gasteiger partial charge in [-0.1, -0.05) is 6.07 Å². The Hall–Kier alpha value is -1.49. The number of piperidine rings is 1. The Bertz CT molecular complexity index is 555. The van der Waals surface area contributed by atoms with Crippen molar-refractivity contribution in [1.82, 2.24) is 9.88 Å². The van der Waals surface area contributed by atoms with Gasteiger partial charge in [-0.25, -0.2) is 0 Å². The van der Waals surface area contributed by atoms with E-state index in [9.17, 15) is 4.79 Å². The van der Waals surface area contributed by atoms with Gasteiger partial charge >= 0.3 is 0 Å². The summed E-state index contributed by atoms with van der Waals surface area (Å²) in [5.74, 6) is 1.37. The monoisotopic (exact) mass is 332 g/mol. The number of rotatable bonds is 5. The van der Waals surface area contributed by atoms with Crippen LogP contribution in [0.2, 0.25) is 0 Å². The lowest BCUT2D eigenvalue weighted by atomic mass is 9.95. The molecule has 3 heterocycles. The number of likely N-dealkylation sites (tertiary alicyclic amines) is 1. The molecular weight excluding hydrogens is 308 g/mol. The zero-order chi connectivity index (χ0) is 16.1. The number of methoxy groups -OCH3 is 1. The summed E-state index contributed by atoms with van der Waals surface area (Å²) >= 11 is 1.77. The number of carbonyl (C=O) groups excluding carboxylic acids is 1. The van der Waals surface area contributed by atoms with Crippen LogP contribution in [-0.2, 0) is 16.0 Å². The SMILES string of the molecule is COC1=CSC(Cc2ccccn2)C1CC(=O)N1CCCCC1. The minimum atomic E-state index is 0.154. The molecule has 23 heavy (non-hydrogen) atoms. The Morgan fingerprint density at radius 3 is 2.87 bits per heavy atom. The number of ether oxygens (including phenoxy) is 1. The second kappa shape index (κ2) is 7.86. The quantitative estimate of drug-likeness (QED) is 0.830. The van der Waals surface area contributed by atoms with E-state index in [1.54, 1.807) is 18.9 Å². The minimum Gasteiger partial charge on any atom is -0.500 e. The first kappa shape index (κ1) is 16.4. The number of amides is 1. The third-order valence-corrected chi connectivity index (χ3v) is 5.86. The number of thioether (sulfide) groups is 1. The molecule has 2 aliphatic heterocycles. The number of aromatic nitrogens is 1. The molecule has 1 aromatic rings. The predicted molar refractivity (Wildman–Crippen MR) is 93.0 cm³/mol. The predicted octanol–water partition coefficient (Wildman–Crippen LogP) is 3.25. The highest BCUT2D eigenvalue weighted by Gasteiger charge is 2.35. The van der Waals surface area contributed by atoms with Gasteiger partial charge < -0.3 is 9.64 Å². The van der Waals surface area contributed by atoms with Crippen LogP contribution in [0.4, 0.5) is 0 Å². The van der Waals surface area contributed by atoms with Crippen molar-refractivity contribution in [2.45, 2.75) is 37.4 Å². The molecule has 1 amide bonds. The summed E-state index contributed by atoms with van der Waals surface area (Å²) < 4.78 is 5.53. The number of allylic oxidation sites excluding steroid dienone is 1. The molecule has 3 rings (SSSR count). The lowest BCUT2D eigenvalue weighted by Crippen LogP contribution is -2.37. The molecule has 0 N–H and O–H groups in total. The number of hydrogen-bond donors (Lipinski definition) is 0. The highest BCUT2D eigenvalue weighted by Crippen LogP contribution is 2.40. The average molecular weight is 332 g/mol. The van der Waals surface area contributed by atoms with Gasteiger partial charge in [0.2, 0.25) is 5.91 Å². The van der Waals surface area contributed by atoms with E-state index in [1.165, 1.54) is 6.42 Å². The molecule has 5 heteroatoms. The second-order valence-electron chi connectivity index (χ2n) is 6.18. The lowest BCUT2D eigenvalue weighted by molar-refractivity contribution is -0.133. The molecule has 1 fully saturated rings. The van der Waals surface area contributed by atoms with Crippen molar-refractivity contribution in [1.29, 1.82) is 0 Å². The largest absolute Gasteiger partial charge is 0.500 e. The van der Waals surface area contributed by atoms with Gasteiger partial charge in [-0.15, -0.1) is 11.8 Å². The molecule has 0 spiro atoms. The standard InChI is InChI=1S/C18H24N2O2S/c1-22-16-13-23-17(11-14-7-3-4-8-19-14)15(16)12-18(21)20-9-5-2-6-10-20/h3-4,7-8,13,15,17H,2,5-6,9-12H2,1H3. The fourth-order valence-electron chi connectivity index (χ4n) is 3.33. The van der Waals surface area contributed by atoms with Crippen LogP contribution in [0.25, 0.3) is 0 Å². The molecular formula is C18H24N2O2S. The van der Waals surface area contributed by atoms with E-state index >= 15 is 0 Å². The van der Waals surface area contributed by atoms with Crippen molar-refractivity contribution in [2.24, 2.45) is 5.92 Å². The van der Waals surface area contributed by atoms with Gasteiger partial charge in [-0.2, -0.15) is 0 Å². The molecule has 2 unspecified atom stereocenters. The summed E-state index contributed by atoms with van der Waals surface area (Å²) in [4.78, 5) is 19.1. The van der Waals surface area contributed by atoms with E-state index in [-0.39, 0.29) is 11.8 Å². The first-order valence-corrected chi connectivity index (χ1v) is 9.29. The third kappa shape index (κ3) is 4.08. The van der Waals surface area contributed by atoms with E-state index in [1.807, 2.05) is 23.2 Å². The van der Waals surface area contributed by atoms with Crippen LogP contribution in [0.1, 0.15) is 31.4 Å². The van der Waals surface area contributed by atoms with Gasteiger partial charge in [0, 0.05) is 54.4 Å². The first-order valence-electron chi connectivity index (χ1n) is 8.35. The number of pyridine rings is 1. The number of carbonyl (C=O) groups is 1. The molecule has 2 aliphatic rings. The van der Waals surface area contributed by atoms with Gasteiger partial charge in [-0.3, -0.25) is 9.78 Å². The van der Waals surface area contributed by atoms with E-state index in [2.05, 4.69) is 16.5 Å². The molecule has 1 aromatic heterocycles. The van der Waals surface area contributed by atoms with Crippen molar-refractivity contribution in [2.75, 3.05) is 20.2 Å². The van der Waals surface area contributed by atoms with E-state index < -0.39 is 0 Å². The van der Waals surface area contributed by atoms with Crippen molar-refractivity contribution >= 4 is 17.7 Å². The van der Waals surface area contributed by atoms with Crippen LogP contribution in [-0.4, -0.2) is 41.2 Å². The Balaban J connectivity index is 1.65. The molecule has 0 bridgehead atoms. The number of hydrogen-bond acceptors (Lipinski definition) is 4. The minimum absolute atomic E-state index is 0.154. The third-order valence-electron chi connectivity index (χ3n) is 4.65. The Morgan fingerprint density at radius 1 is 1.35 bits per heavy atom. The summed E-state index contributed by atoms with van der Waals surface area (Å²) in [5.41, 5.74) is 1.08. The molecule has 0 aliphatic carbocycles. The van der Waals surface area contributed by atoms with Gasteiger partial charge in [0.25, 0.3) is 0 Å². The van der Waals surface area contributed by atoms with Crippen LogP contribution in [0, 0.1) is 5.92 Å². The zero-order valence-corrected chi connectivity index (χ0v) is 14.4. The highest BCUT2D eigenvalue weighted by atomic mass is 32.2. The normalized spacial score (nSPS) is 24.4. The van der Waals surface area contributed by atoms with E-state index in [0.717, 1.165) is 43.8 Å². The summed E-state index contributed by atoms with van der Waals surface area (Å²) in [6.45, 7) is 1.82. The first-order chi connectivity index (χ1) is 11.3. The zero-order valence-electron chi connectivity index (χ0n) is 13.6. The van der Waals surface area contributed by atoms with Crippen LogP contribution < -0.4 is 0 Å². The van der Waals surface area contributed by atoms with Crippen LogP contribution in [0.5, 0.6) is 0 Å². The number of nitrogens with zero attached hydrogens (tertiary/aromatic N) is 2. The summed E-state index contributed by atoms with van der Waals surface area (Å²) in [6.07, 6.45) is 6.75. The fraction of sp³-hybridized carbons (Fsp3) is 0.556. The molecule has 1 saturated heterocycles. The molecule has 0 saturated carbocycles. The maximum Gasteiger partial charge on any atom is 0.223 e. The van der Waals surface area contributed by atoms with Crippen molar-refractivity contribution in [3.05, 3.63) is 41.3 Å². The molecule has 0 radical (unpaired) electrons. The van der Waals surface area contributed by atoms with Crippen molar-refractivity contribution in [3.8, 4) is 0 Å². The van der Waals surface area contributed by atoms with Crippen LogP contribution >= 0.6 is 11.8 Å². The maximum absolute atomic E-state index is 12.6. The topological polar surface area (TPSA) is 42.4 Å². The van der Waals surface area contributed by atoms with Gasteiger partial charge in [0.15, 0.2) is 0 Å². The summed E-state index contributed by atoms with van der Waals surface area (Å²) in [6, 6.07) is 6.00. The van der Waals surface area contributed by atoms with E-state index in [0.29, 0.717) is 11.7 Å². The molecule has 4 nitrogen and oxygen atoms in total. The van der Waals surface area contributed by atoms with Crippen LogP contribution in [0.15, 0.2) is 35.6 Å². The fourth-order valence-corrected chi connectivity index (χ4v) is 4.59. The Labute approximate surface area is 142 Å². The Morgan fingerprint density at radius 2 is 2.17 bits per heavy atom. The van der Waals surface area contributed by atoms with Crippen molar-refractivity contribution in [3.63, 3.8) is 0 Å². The Kier molecular flexibility index (Phi) is 5.60. The maximum atomic E-state index is 12.6. The lowest BCUT2D eigenvalue weighted by Gasteiger charge is -2.29. The smallest absolute Gasteiger partial charge is 0.223 e. The molecule has 2 atom stereocenters. The van der Waals surface area contributed by atoms with E-state index in [4.69, 9.17) is 4.74 Å².